The Bertz CT molecular complexity index is 795. The Morgan fingerprint density at radius 2 is 1.79 bits per heavy atom. The minimum absolute atomic E-state index is 0.153. The molecule has 0 atom stereocenters. The van der Waals surface area contributed by atoms with E-state index in [4.69, 9.17) is 14.2 Å². The van der Waals surface area contributed by atoms with Crippen LogP contribution < -0.4 is 4.74 Å². The topological polar surface area (TPSA) is 44.8 Å². The second-order valence-electron chi connectivity index (χ2n) is 7.53. The molecular weight excluding hydrogens is 371 g/mol. The van der Waals surface area contributed by atoms with Crippen LogP contribution in [0.1, 0.15) is 67.3 Å². The summed E-state index contributed by atoms with van der Waals surface area (Å²) in [6.07, 6.45) is 4.62. The minimum Gasteiger partial charge on any atom is -0.423 e. The molecule has 1 aliphatic heterocycles. The van der Waals surface area contributed by atoms with E-state index < -0.39 is 18.1 Å². The molecule has 1 aliphatic rings. The zero-order valence-corrected chi connectivity index (χ0v) is 17.2. The molecule has 5 heteroatoms. The van der Waals surface area contributed by atoms with E-state index in [1.54, 1.807) is 18.2 Å². The zero-order valence-electron chi connectivity index (χ0n) is 17.2. The number of esters is 1. The largest absolute Gasteiger partial charge is 0.423 e. The van der Waals surface area contributed by atoms with Crippen molar-refractivity contribution >= 4 is 5.97 Å². The molecule has 0 amide bonds. The molecular formula is C24H29FO4. The number of carbonyl (C=O) groups excluding carboxylic acids is 1. The van der Waals surface area contributed by atoms with Gasteiger partial charge in [0, 0.05) is 11.5 Å². The Morgan fingerprint density at radius 1 is 1.07 bits per heavy atom. The van der Waals surface area contributed by atoms with E-state index in [2.05, 4.69) is 13.8 Å². The second-order valence-corrected chi connectivity index (χ2v) is 7.53. The van der Waals surface area contributed by atoms with Crippen molar-refractivity contribution in [3.05, 3.63) is 65.0 Å². The standard InChI is InChI=1S/C24H29FO4/c1-3-5-7-18-15-27-24(28-16-18)21-13-10-19(14-22(21)25)23(26)29-20-11-8-17(6-4-2)9-12-20/h8-14,18,24H,3-7,15-16H2,1-2H3. The average molecular weight is 400 g/mol. The first-order valence-electron chi connectivity index (χ1n) is 10.4. The minimum atomic E-state index is -0.732. The molecule has 0 aliphatic carbocycles. The van der Waals surface area contributed by atoms with Gasteiger partial charge < -0.3 is 14.2 Å². The van der Waals surface area contributed by atoms with E-state index in [0.717, 1.165) is 32.1 Å². The number of halogens is 1. The molecule has 0 N–H and O–H groups in total. The summed E-state index contributed by atoms with van der Waals surface area (Å²) >= 11 is 0. The van der Waals surface area contributed by atoms with Gasteiger partial charge in [0.1, 0.15) is 11.6 Å². The highest BCUT2D eigenvalue weighted by Crippen LogP contribution is 2.29. The lowest BCUT2D eigenvalue weighted by molar-refractivity contribution is -0.207. The van der Waals surface area contributed by atoms with Crippen molar-refractivity contribution in [3.8, 4) is 5.75 Å². The van der Waals surface area contributed by atoms with Crippen molar-refractivity contribution in [1.29, 1.82) is 0 Å². The summed E-state index contributed by atoms with van der Waals surface area (Å²) < 4.78 is 31.4. The first kappa shape index (κ1) is 21.5. The first-order valence-corrected chi connectivity index (χ1v) is 10.4. The van der Waals surface area contributed by atoms with Gasteiger partial charge in [0.2, 0.25) is 0 Å². The number of unbranched alkanes of at least 4 members (excludes halogenated alkanes) is 1. The quantitative estimate of drug-likeness (QED) is 0.412. The van der Waals surface area contributed by atoms with E-state index in [-0.39, 0.29) is 5.56 Å². The average Bonchev–Trinajstić information content (AvgIpc) is 2.74. The summed E-state index contributed by atoms with van der Waals surface area (Å²) in [6, 6.07) is 11.6. The molecule has 2 aromatic rings. The summed E-state index contributed by atoms with van der Waals surface area (Å²) in [5, 5.41) is 0. The summed E-state index contributed by atoms with van der Waals surface area (Å²) in [4.78, 5) is 12.4. The van der Waals surface area contributed by atoms with Crippen LogP contribution in [0, 0.1) is 11.7 Å². The Balaban J connectivity index is 1.59. The van der Waals surface area contributed by atoms with Gasteiger partial charge in [0.25, 0.3) is 0 Å². The van der Waals surface area contributed by atoms with Crippen LogP contribution in [-0.2, 0) is 15.9 Å². The smallest absolute Gasteiger partial charge is 0.343 e. The highest BCUT2D eigenvalue weighted by molar-refractivity contribution is 5.91. The third kappa shape index (κ3) is 5.87. The number of rotatable bonds is 8. The van der Waals surface area contributed by atoms with Crippen LogP contribution in [0.4, 0.5) is 4.39 Å². The van der Waals surface area contributed by atoms with E-state index in [0.29, 0.717) is 30.4 Å². The lowest BCUT2D eigenvalue weighted by Crippen LogP contribution is -2.27. The van der Waals surface area contributed by atoms with Crippen LogP contribution >= 0.6 is 0 Å². The van der Waals surface area contributed by atoms with Gasteiger partial charge in [-0.15, -0.1) is 0 Å². The maximum Gasteiger partial charge on any atom is 0.343 e. The lowest BCUT2D eigenvalue weighted by atomic mass is 10.0. The third-order valence-electron chi connectivity index (χ3n) is 5.10. The molecule has 156 valence electrons. The highest BCUT2D eigenvalue weighted by atomic mass is 19.1. The van der Waals surface area contributed by atoms with Crippen molar-refractivity contribution in [2.45, 2.75) is 52.2 Å². The molecule has 0 radical (unpaired) electrons. The monoisotopic (exact) mass is 400 g/mol. The molecule has 3 rings (SSSR count). The zero-order chi connectivity index (χ0) is 20.6. The van der Waals surface area contributed by atoms with Gasteiger partial charge in [-0.3, -0.25) is 0 Å². The predicted molar refractivity (Wildman–Crippen MR) is 109 cm³/mol. The number of hydrogen-bond acceptors (Lipinski definition) is 4. The lowest BCUT2D eigenvalue weighted by Gasteiger charge is -2.29. The molecule has 0 spiro atoms. The van der Waals surface area contributed by atoms with Gasteiger partial charge >= 0.3 is 5.97 Å². The summed E-state index contributed by atoms with van der Waals surface area (Å²) in [5.41, 5.74) is 1.65. The Kier molecular flexibility index (Phi) is 7.78. The van der Waals surface area contributed by atoms with Crippen LogP contribution in [0.3, 0.4) is 0 Å². The molecule has 4 nitrogen and oxygen atoms in total. The SMILES string of the molecule is CCCCC1COC(c2ccc(C(=O)Oc3ccc(CCC)cc3)cc2F)OC1. The van der Waals surface area contributed by atoms with Crippen molar-refractivity contribution in [3.63, 3.8) is 0 Å². The van der Waals surface area contributed by atoms with Crippen molar-refractivity contribution in [1.82, 2.24) is 0 Å². The van der Waals surface area contributed by atoms with Gasteiger partial charge in [0.15, 0.2) is 6.29 Å². The first-order chi connectivity index (χ1) is 14.1. The molecule has 2 aromatic carbocycles. The van der Waals surface area contributed by atoms with Gasteiger partial charge in [-0.2, -0.15) is 0 Å². The fraction of sp³-hybridized carbons (Fsp3) is 0.458. The molecule has 0 bridgehead atoms. The van der Waals surface area contributed by atoms with E-state index >= 15 is 0 Å². The molecule has 1 saturated heterocycles. The maximum atomic E-state index is 14.6. The Hall–Kier alpha value is -2.24. The summed E-state index contributed by atoms with van der Waals surface area (Å²) in [7, 11) is 0. The Morgan fingerprint density at radius 3 is 2.41 bits per heavy atom. The van der Waals surface area contributed by atoms with Crippen molar-refractivity contribution in [2.75, 3.05) is 13.2 Å². The van der Waals surface area contributed by atoms with Crippen LogP contribution in [0.25, 0.3) is 0 Å². The second kappa shape index (κ2) is 10.5. The van der Waals surface area contributed by atoms with Gasteiger partial charge in [-0.1, -0.05) is 51.3 Å². The molecule has 0 saturated carbocycles. The molecule has 1 fully saturated rings. The van der Waals surface area contributed by atoms with E-state index in [1.165, 1.54) is 17.7 Å². The molecule has 1 heterocycles. The third-order valence-corrected chi connectivity index (χ3v) is 5.10. The molecule has 0 unspecified atom stereocenters. The van der Waals surface area contributed by atoms with Gasteiger partial charge in [0.05, 0.1) is 18.8 Å². The van der Waals surface area contributed by atoms with Crippen LogP contribution in [0.2, 0.25) is 0 Å². The number of hydrogen-bond donors (Lipinski definition) is 0. The summed E-state index contributed by atoms with van der Waals surface area (Å²) in [5.74, 6) is -0.331. The fourth-order valence-corrected chi connectivity index (χ4v) is 3.41. The summed E-state index contributed by atoms with van der Waals surface area (Å²) in [6.45, 7) is 5.38. The normalized spacial score (nSPS) is 19.1. The van der Waals surface area contributed by atoms with Gasteiger partial charge in [-0.25, -0.2) is 9.18 Å². The van der Waals surface area contributed by atoms with Crippen molar-refractivity contribution < 1.29 is 23.4 Å². The van der Waals surface area contributed by atoms with Gasteiger partial charge in [-0.05, 0) is 42.7 Å². The molecule has 29 heavy (non-hydrogen) atoms. The number of carbonyl (C=O) groups is 1. The van der Waals surface area contributed by atoms with E-state index in [9.17, 15) is 9.18 Å². The fourth-order valence-electron chi connectivity index (χ4n) is 3.41. The van der Waals surface area contributed by atoms with Crippen LogP contribution in [-0.4, -0.2) is 19.2 Å². The van der Waals surface area contributed by atoms with E-state index in [1.807, 2.05) is 12.1 Å². The number of ether oxygens (including phenoxy) is 3. The highest BCUT2D eigenvalue weighted by Gasteiger charge is 2.26. The maximum absolute atomic E-state index is 14.6. The number of benzene rings is 2. The predicted octanol–water partition coefficient (Wildman–Crippen LogP) is 5.85. The van der Waals surface area contributed by atoms with Crippen LogP contribution in [0.5, 0.6) is 5.75 Å². The molecule has 0 aromatic heterocycles. The Labute approximate surface area is 172 Å². The van der Waals surface area contributed by atoms with Crippen molar-refractivity contribution in [2.24, 2.45) is 5.92 Å². The van der Waals surface area contributed by atoms with Crippen LogP contribution in [0.15, 0.2) is 42.5 Å². The number of aryl methyl sites for hydroxylation is 1.